The van der Waals surface area contributed by atoms with E-state index in [2.05, 4.69) is 12.2 Å². The van der Waals surface area contributed by atoms with Crippen molar-refractivity contribution < 1.29 is 19.2 Å². The SMILES string of the molecule is CCCc1cc(C(=O)OC(C)C(=O)Nc2ccccc2[N+](=O)[O-])sc1C. The molecule has 1 aromatic carbocycles. The van der Waals surface area contributed by atoms with Gasteiger partial charge in [0.05, 0.1) is 4.92 Å². The number of hydrogen-bond acceptors (Lipinski definition) is 6. The van der Waals surface area contributed by atoms with Crippen LogP contribution in [0.3, 0.4) is 0 Å². The van der Waals surface area contributed by atoms with Crippen LogP contribution in [0.25, 0.3) is 0 Å². The average molecular weight is 376 g/mol. The molecule has 0 fully saturated rings. The highest BCUT2D eigenvalue weighted by molar-refractivity contribution is 7.14. The van der Waals surface area contributed by atoms with E-state index in [4.69, 9.17) is 4.74 Å². The van der Waals surface area contributed by atoms with E-state index in [1.165, 1.54) is 36.5 Å². The Bertz CT molecular complexity index is 831. The molecular weight excluding hydrogens is 356 g/mol. The normalized spacial score (nSPS) is 11.7. The molecule has 2 aromatic rings. The Labute approximate surface area is 155 Å². The number of carbonyl (C=O) groups is 2. The summed E-state index contributed by atoms with van der Waals surface area (Å²) < 4.78 is 5.21. The van der Waals surface area contributed by atoms with Crippen molar-refractivity contribution in [3.63, 3.8) is 0 Å². The summed E-state index contributed by atoms with van der Waals surface area (Å²) in [5, 5.41) is 13.4. The van der Waals surface area contributed by atoms with Crippen LogP contribution in [0.15, 0.2) is 30.3 Å². The molecule has 0 aliphatic carbocycles. The molecule has 138 valence electrons. The topological polar surface area (TPSA) is 98.5 Å². The molecular formula is C18H20N2O5S. The highest BCUT2D eigenvalue weighted by atomic mass is 32.1. The number of thiophene rings is 1. The zero-order valence-corrected chi connectivity index (χ0v) is 15.6. The van der Waals surface area contributed by atoms with Gasteiger partial charge in [0.15, 0.2) is 6.10 Å². The standard InChI is InChI=1S/C18H20N2O5S/c1-4-7-13-10-16(26-12(13)3)18(22)25-11(2)17(21)19-14-8-5-6-9-15(14)20(23)24/h5-6,8-11H,4,7H2,1-3H3,(H,19,21). The van der Waals surface area contributed by atoms with Crippen molar-refractivity contribution in [1.29, 1.82) is 0 Å². The molecule has 26 heavy (non-hydrogen) atoms. The van der Waals surface area contributed by atoms with Gasteiger partial charge < -0.3 is 10.1 Å². The van der Waals surface area contributed by atoms with Crippen molar-refractivity contribution in [3.8, 4) is 0 Å². The molecule has 1 aromatic heterocycles. The molecule has 0 aliphatic heterocycles. The minimum absolute atomic E-state index is 0.0580. The fourth-order valence-electron chi connectivity index (χ4n) is 2.38. The summed E-state index contributed by atoms with van der Waals surface area (Å²) in [4.78, 5) is 36.4. The number of nitrogens with one attached hydrogen (secondary N) is 1. The second-order valence-corrected chi connectivity index (χ2v) is 7.01. The predicted octanol–water partition coefficient (Wildman–Crippen LogP) is 4.10. The van der Waals surface area contributed by atoms with Gasteiger partial charge in [0.1, 0.15) is 10.6 Å². The summed E-state index contributed by atoms with van der Waals surface area (Å²) in [6, 6.07) is 7.58. The third-order valence-electron chi connectivity index (χ3n) is 3.75. The van der Waals surface area contributed by atoms with Crippen molar-refractivity contribution >= 4 is 34.6 Å². The van der Waals surface area contributed by atoms with Gasteiger partial charge in [-0.25, -0.2) is 4.79 Å². The first-order chi connectivity index (χ1) is 12.3. The molecule has 0 bridgehead atoms. The van der Waals surface area contributed by atoms with Crippen LogP contribution in [0.5, 0.6) is 0 Å². The molecule has 1 atom stereocenters. The molecule has 1 unspecified atom stereocenters. The molecule has 1 heterocycles. The molecule has 0 radical (unpaired) electrons. The molecule has 2 rings (SSSR count). The number of nitrogens with zero attached hydrogens (tertiary/aromatic N) is 1. The Morgan fingerprint density at radius 1 is 1.35 bits per heavy atom. The van der Waals surface area contributed by atoms with E-state index in [0.717, 1.165) is 23.3 Å². The zero-order chi connectivity index (χ0) is 19.3. The van der Waals surface area contributed by atoms with E-state index in [1.54, 1.807) is 12.1 Å². The minimum atomic E-state index is -1.08. The molecule has 0 spiro atoms. The third kappa shape index (κ3) is 4.66. The first kappa shape index (κ1) is 19.6. The number of para-hydroxylation sites is 2. The van der Waals surface area contributed by atoms with E-state index < -0.39 is 22.9 Å². The van der Waals surface area contributed by atoms with Crippen molar-refractivity contribution in [3.05, 3.63) is 55.8 Å². The summed E-state index contributed by atoms with van der Waals surface area (Å²) in [5.74, 6) is -1.21. The Balaban J connectivity index is 2.04. The first-order valence-electron chi connectivity index (χ1n) is 8.18. The average Bonchev–Trinajstić information content (AvgIpc) is 2.96. The van der Waals surface area contributed by atoms with Crippen LogP contribution in [-0.2, 0) is 16.0 Å². The van der Waals surface area contributed by atoms with E-state index in [1.807, 2.05) is 6.92 Å². The number of aryl methyl sites for hydroxylation is 2. The molecule has 0 saturated carbocycles. The number of esters is 1. The van der Waals surface area contributed by atoms with Gasteiger partial charge in [-0.3, -0.25) is 14.9 Å². The van der Waals surface area contributed by atoms with E-state index in [9.17, 15) is 19.7 Å². The van der Waals surface area contributed by atoms with Crippen molar-refractivity contribution in [2.24, 2.45) is 0 Å². The van der Waals surface area contributed by atoms with Gasteiger partial charge in [-0.2, -0.15) is 0 Å². The van der Waals surface area contributed by atoms with Gasteiger partial charge in [-0.15, -0.1) is 11.3 Å². The fraction of sp³-hybridized carbons (Fsp3) is 0.333. The predicted molar refractivity (Wildman–Crippen MR) is 99.7 cm³/mol. The number of nitro benzene ring substituents is 1. The Kier molecular flexibility index (Phi) is 6.46. The second-order valence-electron chi connectivity index (χ2n) is 5.75. The van der Waals surface area contributed by atoms with Gasteiger partial charge in [-0.05, 0) is 38.0 Å². The lowest BCUT2D eigenvalue weighted by Gasteiger charge is -2.13. The summed E-state index contributed by atoms with van der Waals surface area (Å²) in [7, 11) is 0. The van der Waals surface area contributed by atoms with Crippen LogP contribution >= 0.6 is 11.3 Å². The number of carbonyl (C=O) groups excluding carboxylic acids is 2. The summed E-state index contributed by atoms with van der Waals surface area (Å²) in [6.07, 6.45) is 0.767. The quantitative estimate of drug-likeness (QED) is 0.445. The van der Waals surface area contributed by atoms with Crippen LogP contribution in [-0.4, -0.2) is 22.9 Å². The van der Waals surface area contributed by atoms with Crippen molar-refractivity contribution in [2.45, 2.75) is 39.7 Å². The molecule has 0 aliphatic rings. The van der Waals surface area contributed by atoms with Gasteiger partial charge in [0, 0.05) is 10.9 Å². The highest BCUT2D eigenvalue weighted by Gasteiger charge is 2.23. The van der Waals surface area contributed by atoms with E-state index >= 15 is 0 Å². The van der Waals surface area contributed by atoms with Gasteiger partial charge in [0.25, 0.3) is 11.6 Å². The number of rotatable bonds is 7. The largest absolute Gasteiger partial charge is 0.448 e. The lowest BCUT2D eigenvalue weighted by Crippen LogP contribution is -2.30. The zero-order valence-electron chi connectivity index (χ0n) is 14.8. The summed E-state index contributed by atoms with van der Waals surface area (Å²) >= 11 is 1.33. The number of ether oxygens (including phenoxy) is 1. The molecule has 1 N–H and O–H groups in total. The van der Waals surface area contributed by atoms with Crippen LogP contribution in [0.2, 0.25) is 0 Å². The maximum Gasteiger partial charge on any atom is 0.349 e. The third-order valence-corrected chi connectivity index (χ3v) is 4.83. The molecule has 8 heteroatoms. The number of anilines is 1. The monoisotopic (exact) mass is 376 g/mol. The van der Waals surface area contributed by atoms with Crippen LogP contribution in [0, 0.1) is 17.0 Å². The number of nitro groups is 1. The summed E-state index contributed by atoms with van der Waals surface area (Å²) in [6.45, 7) is 5.43. The van der Waals surface area contributed by atoms with Crippen LogP contribution < -0.4 is 5.32 Å². The molecule has 7 nitrogen and oxygen atoms in total. The smallest absolute Gasteiger partial charge is 0.349 e. The Hall–Kier alpha value is -2.74. The maximum absolute atomic E-state index is 12.3. The van der Waals surface area contributed by atoms with E-state index in [0.29, 0.717) is 4.88 Å². The van der Waals surface area contributed by atoms with Gasteiger partial charge >= 0.3 is 5.97 Å². The van der Waals surface area contributed by atoms with Gasteiger partial charge in [-0.1, -0.05) is 25.5 Å². The number of hydrogen-bond donors (Lipinski definition) is 1. The lowest BCUT2D eigenvalue weighted by atomic mass is 10.1. The van der Waals surface area contributed by atoms with Gasteiger partial charge in [0.2, 0.25) is 0 Å². The summed E-state index contributed by atoms with van der Waals surface area (Å²) in [5.41, 5.74) is 0.932. The Morgan fingerprint density at radius 2 is 2.04 bits per heavy atom. The number of amides is 1. The van der Waals surface area contributed by atoms with Crippen LogP contribution in [0.1, 0.15) is 40.4 Å². The van der Waals surface area contributed by atoms with Crippen molar-refractivity contribution in [1.82, 2.24) is 0 Å². The Morgan fingerprint density at radius 3 is 2.69 bits per heavy atom. The second kappa shape index (κ2) is 8.57. The highest BCUT2D eigenvalue weighted by Crippen LogP contribution is 2.25. The van der Waals surface area contributed by atoms with E-state index in [-0.39, 0.29) is 11.4 Å². The lowest BCUT2D eigenvalue weighted by molar-refractivity contribution is -0.383. The molecule has 1 amide bonds. The van der Waals surface area contributed by atoms with Crippen molar-refractivity contribution in [2.75, 3.05) is 5.32 Å². The number of benzene rings is 1. The maximum atomic E-state index is 12.3. The van der Waals surface area contributed by atoms with Crippen LogP contribution in [0.4, 0.5) is 11.4 Å². The minimum Gasteiger partial charge on any atom is -0.448 e. The molecule has 0 saturated heterocycles. The fourth-order valence-corrected chi connectivity index (χ4v) is 3.34. The first-order valence-corrected chi connectivity index (χ1v) is 8.99.